The normalized spacial score (nSPS) is 11.8. The highest BCUT2D eigenvalue weighted by atomic mass is 16.3. The highest BCUT2D eigenvalue weighted by molar-refractivity contribution is 6.21. The lowest BCUT2D eigenvalue weighted by molar-refractivity contribution is 0.670. The molecular formula is C50H31NO. The van der Waals surface area contributed by atoms with Crippen LogP contribution >= 0.6 is 0 Å². The van der Waals surface area contributed by atoms with E-state index in [1.54, 1.807) is 0 Å². The molecule has 2 heteroatoms. The molecule has 10 aromatic carbocycles. The third-order valence-electron chi connectivity index (χ3n) is 10.8. The molecule has 0 unspecified atom stereocenters. The van der Waals surface area contributed by atoms with Gasteiger partial charge in [0.15, 0.2) is 0 Å². The summed E-state index contributed by atoms with van der Waals surface area (Å²) in [4.78, 5) is 2.47. The first-order valence-electron chi connectivity index (χ1n) is 17.8. The summed E-state index contributed by atoms with van der Waals surface area (Å²) in [5, 5.41) is 14.4. The van der Waals surface area contributed by atoms with Crippen LogP contribution < -0.4 is 4.90 Å². The summed E-state index contributed by atoms with van der Waals surface area (Å²) in [5.41, 5.74) is 7.29. The predicted octanol–water partition coefficient (Wildman–Crippen LogP) is 14.5. The zero-order chi connectivity index (χ0) is 34.2. The van der Waals surface area contributed by atoms with Gasteiger partial charge in [0.25, 0.3) is 0 Å². The molecule has 2 nitrogen and oxygen atoms in total. The maximum absolute atomic E-state index is 6.91. The Labute approximate surface area is 300 Å². The van der Waals surface area contributed by atoms with Crippen molar-refractivity contribution in [2.24, 2.45) is 0 Å². The number of anilines is 3. The molecule has 0 amide bonds. The molecular weight excluding hydrogens is 631 g/mol. The minimum atomic E-state index is 0.874. The fourth-order valence-corrected chi connectivity index (χ4v) is 8.43. The molecule has 0 bridgehead atoms. The number of furan rings is 1. The fraction of sp³-hybridized carbons (Fsp3) is 0. The lowest BCUT2D eigenvalue weighted by Gasteiger charge is -2.29. The molecule has 1 aromatic heterocycles. The van der Waals surface area contributed by atoms with Gasteiger partial charge in [0.05, 0.1) is 16.8 Å². The summed E-state index contributed by atoms with van der Waals surface area (Å²) < 4.78 is 6.91. The van der Waals surface area contributed by atoms with Crippen molar-refractivity contribution < 1.29 is 4.42 Å². The second-order valence-corrected chi connectivity index (χ2v) is 13.7. The Balaban J connectivity index is 1.28. The summed E-state index contributed by atoms with van der Waals surface area (Å²) >= 11 is 0. The summed E-state index contributed by atoms with van der Waals surface area (Å²) in [6.45, 7) is 0. The number of fused-ring (bicyclic) bond motifs is 10. The van der Waals surface area contributed by atoms with E-state index >= 15 is 0 Å². The quantitative estimate of drug-likeness (QED) is 0.175. The van der Waals surface area contributed by atoms with E-state index in [1.165, 1.54) is 53.9 Å². The molecule has 0 aliphatic rings. The Kier molecular flexibility index (Phi) is 6.28. The monoisotopic (exact) mass is 661 g/mol. The summed E-state index contributed by atoms with van der Waals surface area (Å²) in [7, 11) is 0. The number of rotatable bonds is 4. The number of hydrogen-bond donors (Lipinski definition) is 0. The van der Waals surface area contributed by atoms with Gasteiger partial charge < -0.3 is 9.32 Å². The molecule has 0 N–H and O–H groups in total. The van der Waals surface area contributed by atoms with Crippen molar-refractivity contribution in [3.05, 3.63) is 188 Å². The van der Waals surface area contributed by atoms with Gasteiger partial charge >= 0.3 is 0 Å². The molecule has 0 aliphatic heterocycles. The number of hydrogen-bond acceptors (Lipinski definition) is 2. The maximum Gasteiger partial charge on any atom is 0.145 e. The molecule has 0 radical (unpaired) electrons. The first-order valence-corrected chi connectivity index (χ1v) is 17.8. The number of para-hydroxylation sites is 1. The Morgan fingerprint density at radius 1 is 0.327 bits per heavy atom. The molecule has 1 heterocycles. The fourth-order valence-electron chi connectivity index (χ4n) is 8.43. The Bertz CT molecular complexity index is 3200. The first kappa shape index (κ1) is 28.9. The van der Waals surface area contributed by atoms with Crippen LogP contribution in [0.2, 0.25) is 0 Å². The van der Waals surface area contributed by atoms with Crippen molar-refractivity contribution in [3.63, 3.8) is 0 Å². The lowest BCUT2D eigenvalue weighted by Crippen LogP contribution is -2.11. The molecule has 242 valence electrons. The molecule has 0 aliphatic carbocycles. The highest BCUT2D eigenvalue weighted by Crippen LogP contribution is 2.49. The van der Waals surface area contributed by atoms with Crippen molar-refractivity contribution in [1.82, 2.24) is 0 Å². The van der Waals surface area contributed by atoms with Crippen molar-refractivity contribution >= 4 is 92.9 Å². The van der Waals surface area contributed by atoms with Crippen molar-refractivity contribution in [2.75, 3.05) is 4.90 Å². The summed E-state index contributed by atoms with van der Waals surface area (Å²) in [5.74, 6) is 0. The zero-order valence-corrected chi connectivity index (χ0v) is 28.3. The zero-order valence-electron chi connectivity index (χ0n) is 28.3. The molecule has 0 fully saturated rings. The van der Waals surface area contributed by atoms with Gasteiger partial charge in [0.1, 0.15) is 11.2 Å². The van der Waals surface area contributed by atoms with Gasteiger partial charge in [-0.3, -0.25) is 0 Å². The summed E-state index contributed by atoms with van der Waals surface area (Å²) in [6, 6.07) is 68.1. The van der Waals surface area contributed by atoms with Crippen molar-refractivity contribution in [2.45, 2.75) is 0 Å². The van der Waals surface area contributed by atoms with Crippen LogP contribution in [0.4, 0.5) is 17.1 Å². The van der Waals surface area contributed by atoms with Gasteiger partial charge in [0.2, 0.25) is 0 Å². The van der Waals surface area contributed by atoms with Crippen molar-refractivity contribution in [3.8, 4) is 11.1 Å². The van der Waals surface area contributed by atoms with E-state index in [2.05, 4.69) is 193 Å². The molecule has 0 atom stereocenters. The molecule has 0 spiro atoms. The number of benzene rings is 10. The molecule has 0 saturated heterocycles. The Morgan fingerprint density at radius 2 is 0.904 bits per heavy atom. The SMILES string of the molecule is c1ccc2c(-c3ccc(N(c4ccc5ccc6ccccc6c5c4)c4cc5ccccc5c5ccccc45)c4c3oc3ccccc34)cccc2c1. The third kappa shape index (κ3) is 4.31. The minimum absolute atomic E-state index is 0.874. The van der Waals surface area contributed by atoms with Crippen LogP contribution in [0.3, 0.4) is 0 Å². The van der Waals surface area contributed by atoms with Crippen LogP contribution in [0.25, 0.3) is 86.9 Å². The average molecular weight is 662 g/mol. The maximum atomic E-state index is 6.91. The van der Waals surface area contributed by atoms with Crippen LogP contribution in [-0.4, -0.2) is 0 Å². The molecule has 52 heavy (non-hydrogen) atoms. The van der Waals surface area contributed by atoms with Gasteiger partial charge in [-0.05, 0) is 90.4 Å². The van der Waals surface area contributed by atoms with Gasteiger partial charge in [-0.2, -0.15) is 0 Å². The Hall–Kier alpha value is -6.90. The van der Waals surface area contributed by atoms with Gasteiger partial charge in [-0.15, -0.1) is 0 Å². The van der Waals surface area contributed by atoms with E-state index in [0.717, 1.165) is 50.1 Å². The standard InChI is InChI=1S/C50H31NO/c1-4-16-37-32(12-1)15-11-22-41(37)43-28-29-46(49-44-21-9-10-23-48(44)52-50(43)49)51(36-27-26-34-25-24-33-13-2-5-17-38(33)45(34)31-36)47-30-35-14-3-6-18-39(35)40-19-7-8-20-42(40)47/h1-31H. The van der Waals surface area contributed by atoms with E-state index in [1.807, 2.05) is 0 Å². The molecule has 0 saturated carbocycles. The van der Waals surface area contributed by atoms with E-state index in [9.17, 15) is 0 Å². The van der Waals surface area contributed by atoms with Crippen molar-refractivity contribution in [1.29, 1.82) is 0 Å². The topological polar surface area (TPSA) is 16.4 Å². The summed E-state index contributed by atoms with van der Waals surface area (Å²) in [6.07, 6.45) is 0. The highest BCUT2D eigenvalue weighted by Gasteiger charge is 2.24. The minimum Gasteiger partial charge on any atom is -0.455 e. The van der Waals surface area contributed by atoms with Gasteiger partial charge in [-0.25, -0.2) is 0 Å². The third-order valence-corrected chi connectivity index (χ3v) is 10.8. The van der Waals surface area contributed by atoms with Crippen LogP contribution in [0.15, 0.2) is 192 Å². The van der Waals surface area contributed by atoms with E-state index < -0.39 is 0 Å². The smallest absolute Gasteiger partial charge is 0.145 e. The first-order chi connectivity index (χ1) is 25.8. The van der Waals surface area contributed by atoms with Crippen LogP contribution in [0.1, 0.15) is 0 Å². The van der Waals surface area contributed by atoms with Gasteiger partial charge in [-0.1, -0.05) is 152 Å². The van der Waals surface area contributed by atoms with Crippen LogP contribution in [0.5, 0.6) is 0 Å². The molecule has 11 rings (SSSR count). The van der Waals surface area contributed by atoms with Crippen LogP contribution in [0, 0.1) is 0 Å². The predicted molar refractivity (Wildman–Crippen MR) is 221 cm³/mol. The molecule has 11 aromatic rings. The lowest BCUT2D eigenvalue weighted by atomic mass is 9.94. The second-order valence-electron chi connectivity index (χ2n) is 13.7. The second kappa shape index (κ2) is 11.3. The average Bonchev–Trinajstić information content (AvgIpc) is 3.61. The van der Waals surface area contributed by atoms with Crippen LogP contribution in [-0.2, 0) is 0 Å². The largest absolute Gasteiger partial charge is 0.455 e. The van der Waals surface area contributed by atoms with E-state index in [0.29, 0.717) is 0 Å². The van der Waals surface area contributed by atoms with Gasteiger partial charge in [0, 0.05) is 22.0 Å². The Morgan fingerprint density at radius 3 is 1.71 bits per heavy atom. The van der Waals surface area contributed by atoms with E-state index in [-0.39, 0.29) is 0 Å². The van der Waals surface area contributed by atoms with E-state index in [4.69, 9.17) is 4.42 Å². The number of nitrogens with zero attached hydrogens (tertiary/aromatic N) is 1.